The maximum Gasteiger partial charge on any atom is 0.252 e. The Morgan fingerprint density at radius 3 is 2.91 bits per heavy atom. The Bertz CT molecular complexity index is 750. The Labute approximate surface area is 133 Å². The molecule has 0 bridgehead atoms. The molecule has 0 amide bonds. The molecule has 0 atom stereocenters. The van der Waals surface area contributed by atoms with Gasteiger partial charge in [0.1, 0.15) is 11.9 Å². The van der Waals surface area contributed by atoms with Crippen LogP contribution < -0.4 is 15.6 Å². The average Bonchev–Trinajstić information content (AvgIpc) is 2.57. The summed E-state index contributed by atoms with van der Waals surface area (Å²) in [4.78, 5) is 15.2. The van der Waals surface area contributed by atoms with Gasteiger partial charge in [0.15, 0.2) is 0 Å². The van der Waals surface area contributed by atoms with E-state index in [4.69, 9.17) is 4.74 Å². The molecule has 0 spiro atoms. The van der Waals surface area contributed by atoms with Gasteiger partial charge in [-0.1, -0.05) is 0 Å². The Morgan fingerprint density at radius 2 is 2.05 bits per heavy atom. The highest BCUT2D eigenvalue weighted by Gasteiger charge is 2.18. The van der Waals surface area contributed by atoms with E-state index in [0.717, 1.165) is 66.1 Å². The molecule has 22 heavy (non-hydrogen) atoms. The SMILES string of the molecule is O=c1[nH]c2ccc(OC3CCNCC3)cc2c2c1CSCC2. The van der Waals surface area contributed by atoms with Crippen molar-refractivity contribution >= 4 is 22.7 Å². The third kappa shape index (κ3) is 2.63. The van der Waals surface area contributed by atoms with Crippen molar-refractivity contribution < 1.29 is 4.74 Å². The summed E-state index contributed by atoms with van der Waals surface area (Å²) in [6.45, 7) is 2.05. The van der Waals surface area contributed by atoms with Crippen LogP contribution in [0, 0.1) is 0 Å². The molecule has 2 aliphatic heterocycles. The van der Waals surface area contributed by atoms with E-state index in [1.807, 2.05) is 23.9 Å². The minimum absolute atomic E-state index is 0.0710. The topological polar surface area (TPSA) is 54.1 Å². The Morgan fingerprint density at radius 1 is 1.18 bits per heavy atom. The van der Waals surface area contributed by atoms with Crippen LogP contribution in [0.1, 0.15) is 24.0 Å². The summed E-state index contributed by atoms with van der Waals surface area (Å²) < 4.78 is 6.15. The maximum atomic E-state index is 12.2. The first-order chi connectivity index (χ1) is 10.8. The van der Waals surface area contributed by atoms with Crippen LogP contribution >= 0.6 is 11.8 Å². The van der Waals surface area contributed by atoms with Gasteiger partial charge in [0.25, 0.3) is 5.56 Å². The number of H-pyrrole nitrogens is 1. The number of aryl methyl sites for hydroxylation is 1. The smallest absolute Gasteiger partial charge is 0.252 e. The van der Waals surface area contributed by atoms with Crippen molar-refractivity contribution in [1.82, 2.24) is 10.3 Å². The monoisotopic (exact) mass is 316 g/mol. The lowest BCUT2D eigenvalue weighted by Crippen LogP contribution is -2.34. The van der Waals surface area contributed by atoms with Crippen molar-refractivity contribution in [3.8, 4) is 5.75 Å². The van der Waals surface area contributed by atoms with Crippen molar-refractivity contribution in [2.45, 2.75) is 31.1 Å². The molecule has 2 N–H and O–H groups in total. The number of rotatable bonds is 2. The normalized spacial score (nSPS) is 19.1. The van der Waals surface area contributed by atoms with E-state index in [0.29, 0.717) is 6.10 Å². The van der Waals surface area contributed by atoms with Gasteiger partial charge in [-0.15, -0.1) is 0 Å². The summed E-state index contributed by atoms with van der Waals surface area (Å²) in [6, 6.07) is 6.07. The van der Waals surface area contributed by atoms with E-state index >= 15 is 0 Å². The predicted octanol–water partition coefficient (Wildman–Crippen LogP) is 2.45. The first-order valence-corrected chi connectivity index (χ1v) is 9.09. The largest absolute Gasteiger partial charge is 0.490 e. The second kappa shape index (κ2) is 5.97. The zero-order valence-electron chi connectivity index (χ0n) is 12.5. The summed E-state index contributed by atoms with van der Waals surface area (Å²) in [7, 11) is 0. The van der Waals surface area contributed by atoms with Crippen molar-refractivity contribution in [1.29, 1.82) is 0 Å². The van der Waals surface area contributed by atoms with Crippen LogP contribution in [0.2, 0.25) is 0 Å². The van der Waals surface area contributed by atoms with Gasteiger partial charge < -0.3 is 15.0 Å². The molecule has 4 rings (SSSR count). The summed E-state index contributed by atoms with van der Waals surface area (Å²) >= 11 is 1.83. The highest BCUT2D eigenvalue weighted by atomic mass is 32.2. The average molecular weight is 316 g/mol. The summed E-state index contributed by atoms with van der Waals surface area (Å²) in [5, 5.41) is 4.51. The van der Waals surface area contributed by atoms with Crippen LogP contribution in [0.4, 0.5) is 0 Å². The van der Waals surface area contributed by atoms with Crippen LogP contribution in [0.15, 0.2) is 23.0 Å². The molecule has 2 aromatic rings. The van der Waals surface area contributed by atoms with Crippen molar-refractivity contribution in [2.24, 2.45) is 0 Å². The van der Waals surface area contributed by atoms with Gasteiger partial charge in [0.05, 0.1) is 0 Å². The molecular formula is C17H20N2O2S. The fourth-order valence-electron chi connectivity index (χ4n) is 3.35. The van der Waals surface area contributed by atoms with Gasteiger partial charge in [0, 0.05) is 22.2 Å². The number of thioether (sulfide) groups is 1. The third-order valence-corrected chi connectivity index (χ3v) is 5.52. The zero-order chi connectivity index (χ0) is 14.9. The maximum absolute atomic E-state index is 12.2. The second-order valence-electron chi connectivity index (χ2n) is 5.99. The van der Waals surface area contributed by atoms with E-state index in [-0.39, 0.29) is 5.56 Å². The number of hydrogen-bond acceptors (Lipinski definition) is 4. The molecule has 0 saturated carbocycles. The number of pyridine rings is 1. The molecule has 1 aromatic heterocycles. The zero-order valence-corrected chi connectivity index (χ0v) is 13.3. The van der Waals surface area contributed by atoms with Gasteiger partial charge >= 0.3 is 0 Å². The Balaban J connectivity index is 1.72. The molecule has 1 fully saturated rings. The second-order valence-corrected chi connectivity index (χ2v) is 7.09. The lowest BCUT2D eigenvalue weighted by atomic mass is 10.0. The Hall–Kier alpha value is -1.46. The minimum atomic E-state index is 0.0710. The molecular weight excluding hydrogens is 296 g/mol. The molecule has 4 nitrogen and oxygen atoms in total. The number of hydrogen-bond donors (Lipinski definition) is 2. The van der Waals surface area contributed by atoms with Crippen LogP contribution in [-0.4, -0.2) is 29.9 Å². The molecule has 0 aliphatic carbocycles. The Kier molecular flexibility index (Phi) is 3.84. The third-order valence-electron chi connectivity index (χ3n) is 4.53. The fraction of sp³-hybridized carbons (Fsp3) is 0.471. The van der Waals surface area contributed by atoms with Crippen molar-refractivity contribution in [3.63, 3.8) is 0 Å². The quantitative estimate of drug-likeness (QED) is 0.893. The molecule has 5 heteroatoms. The number of benzene rings is 1. The van der Waals surface area contributed by atoms with E-state index in [9.17, 15) is 4.79 Å². The predicted molar refractivity (Wildman–Crippen MR) is 91.0 cm³/mol. The highest BCUT2D eigenvalue weighted by Crippen LogP contribution is 2.30. The van der Waals surface area contributed by atoms with Gasteiger partial charge in [-0.25, -0.2) is 0 Å². The molecule has 1 saturated heterocycles. The van der Waals surface area contributed by atoms with Crippen LogP contribution in [0.25, 0.3) is 10.9 Å². The number of ether oxygens (including phenoxy) is 1. The van der Waals surface area contributed by atoms with Gasteiger partial charge in [-0.05, 0) is 61.9 Å². The molecule has 0 unspecified atom stereocenters. The van der Waals surface area contributed by atoms with Crippen LogP contribution in [-0.2, 0) is 12.2 Å². The number of nitrogens with one attached hydrogen (secondary N) is 2. The van der Waals surface area contributed by atoms with Gasteiger partial charge in [0.2, 0.25) is 0 Å². The van der Waals surface area contributed by atoms with Crippen LogP contribution in [0.5, 0.6) is 5.75 Å². The summed E-state index contributed by atoms with van der Waals surface area (Å²) in [6.07, 6.45) is 3.38. The molecule has 116 valence electrons. The van der Waals surface area contributed by atoms with Gasteiger partial charge in [-0.3, -0.25) is 4.79 Å². The molecule has 3 heterocycles. The highest BCUT2D eigenvalue weighted by molar-refractivity contribution is 7.98. The number of aromatic nitrogens is 1. The fourth-order valence-corrected chi connectivity index (χ4v) is 4.35. The first-order valence-electron chi connectivity index (χ1n) is 7.94. The lowest BCUT2D eigenvalue weighted by molar-refractivity contribution is 0.162. The molecule has 1 aromatic carbocycles. The summed E-state index contributed by atoms with van der Waals surface area (Å²) in [5.74, 6) is 2.83. The lowest BCUT2D eigenvalue weighted by Gasteiger charge is -2.24. The van der Waals surface area contributed by atoms with Crippen molar-refractivity contribution in [2.75, 3.05) is 18.8 Å². The number of piperidine rings is 1. The van der Waals surface area contributed by atoms with E-state index in [1.54, 1.807) is 0 Å². The molecule has 0 radical (unpaired) electrons. The van der Waals surface area contributed by atoms with Crippen LogP contribution in [0.3, 0.4) is 0 Å². The molecule has 2 aliphatic rings. The van der Waals surface area contributed by atoms with E-state index in [2.05, 4.69) is 16.4 Å². The van der Waals surface area contributed by atoms with E-state index in [1.165, 1.54) is 5.56 Å². The van der Waals surface area contributed by atoms with Gasteiger partial charge in [-0.2, -0.15) is 11.8 Å². The van der Waals surface area contributed by atoms with Crippen molar-refractivity contribution in [3.05, 3.63) is 39.7 Å². The number of fused-ring (bicyclic) bond motifs is 3. The number of aromatic amines is 1. The minimum Gasteiger partial charge on any atom is -0.490 e. The van der Waals surface area contributed by atoms with E-state index < -0.39 is 0 Å². The summed E-state index contributed by atoms with van der Waals surface area (Å²) in [5.41, 5.74) is 3.16. The first kappa shape index (κ1) is 14.2. The standard InChI is InChI=1S/C17H20N2O2S/c20-17-15-10-22-8-5-13(15)14-9-12(1-2-16(14)19-17)21-11-3-6-18-7-4-11/h1-2,9,11,18H,3-8,10H2,(H,19,20).